The van der Waals surface area contributed by atoms with Gasteiger partial charge < -0.3 is 14.5 Å². The third-order valence-corrected chi connectivity index (χ3v) is 5.90. The molecular weight excluding hydrogens is 340 g/mol. The van der Waals surface area contributed by atoms with E-state index in [1.54, 1.807) is 6.33 Å². The SMILES string of the molecule is CN1CCOCCCCC2(CCN(c3ccncn3)CC2)c2ccnc1n2. The molecule has 1 saturated heterocycles. The van der Waals surface area contributed by atoms with Crippen molar-refractivity contribution in [3.05, 3.63) is 36.5 Å². The summed E-state index contributed by atoms with van der Waals surface area (Å²) < 4.78 is 5.78. The molecule has 1 spiro atoms. The average Bonchev–Trinajstić information content (AvgIpc) is 2.73. The Morgan fingerprint density at radius 1 is 0.963 bits per heavy atom. The van der Waals surface area contributed by atoms with E-state index in [-0.39, 0.29) is 5.41 Å². The Hall–Kier alpha value is -2.28. The number of aromatic nitrogens is 4. The van der Waals surface area contributed by atoms with Crippen molar-refractivity contribution < 1.29 is 4.74 Å². The zero-order chi connectivity index (χ0) is 18.5. The van der Waals surface area contributed by atoms with Crippen molar-refractivity contribution >= 4 is 11.8 Å². The van der Waals surface area contributed by atoms with Crippen molar-refractivity contribution in [2.45, 2.75) is 37.5 Å². The smallest absolute Gasteiger partial charge is 0.225 e. The van der Waals surface area contributed by atoms with Gasteiger partial charge in [0.15, 0.2) is 0 Å². The fourth-order valence-corrected chi connectivity index (χ4v) is 4.17. The summed E-state index contributed by atoms with van der Waals surface area (Å²) in [6, 6.07) is 4.12. The number of likely N-dealkylation sites (N-methyl/N-ethyl adjacent to an activating group) is 1. The van der Waals surface area contributed by atoms with E-state index in [4.69, 9.17) is 9.72 Å². The number of anilines is 2. The maximum atomic E-state index is 5.78. The van der Waals surface area contributed by atoms with Crippen molar-refractivity contribution in [1.82, 2.24) is 19.9 Å². The van der Waals surface area contributed by atoms with Crippen LogP contribution in [0.4, 0.5) is 11.8 Å². The van der Waals surface area contributed by atoms with Gasteiger partial charge in [-0.15, -0.1) is 0 Å². The Morgan fingerprint density at radius 3 is 2.67 bits per heavy atom. The van der Waals surface area contributed by atoms with Crippen LogP contribution in [0.5, 0.6) is 0 Å². The molecule has 0 atom stereocenters. The lowest BCUT2D eigenvalue weighted by atomic mass is 9.72. The minimum Gasteiger partial charge on any atom is -0.380 e. The first-order chi connectivity index (χ1) is 13.3. The van der Waals surface area contributed by atoms with Crippen LogP contribution in [0, 0.1) is 0 Å². The normalized spacial score (nSPS) is 20.8. The third-order valence-electron chi connectivity index (χ3n) is 5.90. The van der Waals surface area contributed by atoms with Crippen LogP contribution in [0.2, 0.25) is 0 Å². The number of hydrogen-bond donors (Lipinski definition) is 0. The molecule has 4 heterocycles. The highest BCUT2D eigenvalue weighted by atomic mass is 16.5. The maximum Gasteiger partial charge on any atom is 0.225 e. The largest absolute Gasteiger partial charge is 0.380 e. The molecule has 0 aromatic carbocycles. The van der Waals surface area contributed by atoms with Crippen LogP contribution in [0.25, 0.3) is 0 Å². The van der Waals surface area contributed by atoms with Gasteiger partial charge in [-0.3, -0.25) is 0 Å². The molecule has 7 nitrogen and oxygen atoms in total. The summed E-state index contributed by atoms with van der Waals surface area (Å²) in [5.74, 6) is 1.82. The van der Waals surface area contributed by atoms with E-state index in [1.165, 1.54) is 12.1 Å². The monoisotopic (exact) mass is 368 g/mol. The molecule has 2 aliphatic heterocycles. The Morgan fingerprint density at radius 2 is 1.85 bits per heavy atom. The number of fused-ring (bicyclic) bond motifs is 3. The average molecular weight is 368 g/mol. The van der Waals surface area contributed by atoms with Gasteiger partial charge in [0.1, 0.15) is 12.1 Å². The predicted molar refractivity (Wildman–Crippen MR) is 105 cm³/mol. The fraction of sp³-hybridized carbons (Fsp3) is 0.600. The molecule has 0 radical (unpaired) electrons. The molecule has 0 saturated carbocycles. The van der Waals surface area contributed by atoms with E-state index in [2.05, 4.69) is 30.8 Å². The van der Waals surface area contributed by atoms with Gasteiger partial charge in [-0.05, 0) is 37.8 Å². The first-order valence-electron chi connectivity index (χ1n) is 9.90. The highest BCUT2D eigenvalue weighted by Gasteiger charge is 2.37. The highest BCUT2D eigenvalue weighted by Crippen LogP contribution is 2.40. The molecule has 4 rings (SSSR count). The molecule has 1 fully saturated rings. The van der Waals surface area contributed by atoms with E-state index < -0.39 is 0 Å². The van der Waals surface area contributed by atoms with Gasteiger partial charge in [-0.1, -0.05) is 6.42 Å². The van der Waals surface area contributed by atoms with Crippen LogP contribution < -0.4 is 9.80 Å². The summed E-state index contributed by atoms with van der Waals surface area (Å²) >= 11 is 0. The number of nitrogens with zero attached hydrogens (tertiary/aromatic N) is 6. The standard InChI is InChI=1S/C20H28N6O/c1-25-13-15-27-14-3-2-6-20(17-4-10-22-19(25)24-17)7-11-26(12-8-20)18-5-9-21-16-23-18/h4-5,9-10,16H,2-3,6-8,11-15H2,1H3. The van der Waals surface area contributed by atoms with Crippen LogP contribution in [0.15, 0.2) is 30.9 Å². The third kappa shape index (κ3) is 4.03. The molecule has 27 heavy (non-hydrogen) atoms. The molecule has 144 valence electrons. The minimum absolute atomic E-state index is 0.112. The van der Waals surface area contributed by atoms with Crippen molar-refractivity contribution in [1.29, 1.82) is 0 Å². The first-order valence-corrected chi connectivity index (χ1v) is 9.90. The summed E-state index contributed by atoms with van der Waals surface area (Å²) in [5.41, 5.74) is 1.31. The maximum absolute atomic E-state index is 5.78. The topological polar surface area (TPSA) is 67.3 Å². The van der Waals surface area contributed by atoms with Crippen LogP contribution in [0.1, 0.15) is 37.8 Å². The Kier molecular flexibility index (Phi) is 5.48. The fourth-order valence-electron chi connectivity index (χ4n) is 4.17. The quantitative estimate of drug-likeness (QED) is 0.766. The molecular formula is C20H28N6O. The van der Waals surface area contributed by atoms with Crippen LogP contribution in [-0.4, -0.2) is 59.8 Å². The van der Waals surface area contributed by atoms with Crippen molar-refractivity contribution in [3.63, 3.8) is 0 Å². The molecule has 2 aromatic heterocycles. The first kappa shape index (κ1) is 18.1. The Balaban J connectivity index is 1.58. The van der Waals surface area contributed by atoms with Crippen LogP contribution in [-0.2, 0) is 10.2 Å². The lowest BCUT2D eigenvalue weighted by Gasteiger charge is -2.42. The van der Waals surface area contributed by atoms with Crippen molar-refractivity contribution in [2.75, 3.05) is 49.7 Å². The van der Waals surface area contributed by atoms with E-state index in [9.17, 15) is 0 Å². The zero-order valence-electron chi connectivity index (χ0n) is 16.0. The second-order valence-corrected chi connectivity index (χ2v) is 7.57. The highest BCUT2D eigenvalue weighted by molar-refractivity contribution is 5.39. The molecule has 7 heteroatoms. The van der Waals surface area contributed by atoms with Gasteiger partial charge in [-0.2, -0.15) is 0 Å². The lowest BCUT2D eigenvalue weighted by molar-refractivity contribution is 0.132. The van der Waals surface area contributed by atoms with Gasteiger partial charge in [0, 0.05) is 51.1 Å². The number of hydrogen-bond acceptors (Lipinski definition) is 7. The summed E-state index contributed by atoms with van der Waals surface area (Å²) in [6.07, 6.45) is 10.9. The second-order valence-electron chi connectivity index (χ2n) is 7.57. The molecule has 2 aromatic rings. The van der Waals surface area contributed by atoms with Gasteiger partial charge in [0.2, 0.25) is 5.95 Å². The number of ether oxygens (including phenoxy) is 1. The summed E-state index contributed by atoms with van der Waals surface area (Å²) in [6.45, 7) is 4.36. The van der Waals surface area contributed by atoms with Crippen LogP contribution in [0.3, 0.4) is 0 Å². The Labute approximate surface area is 160 Å². The van der Waals surface area contributed by atoms with E-state index in [0.717, 1.165) is 70.3 Å². The summed E-state index contributed by atoms with van der Waals surface area (Å²) in [7, 11) is 2.04. The molecule has 2 aliphatic rings. The van der Waals surface area contributed by atoms with E-state index >= 15 is 0 Å². The molecule has 0 N–H and O–H groups in total. The van der Waals surface area contributed by atoms with Gasteiger partial charge in [-0.25, -0.2) is 19.9 Å². The van der Waals surface area contributed by atoms with Gasteiger partial charge in [0.25, 0.3) is 0 Å². The lowest BCUT2D eigenvalue weighted by Crippen LogP contribution is -2.44. The van der Waals surface area contributed by atoms with Crippen molar-refractivity contribution in [2.24, 2.45) is 0 Å². The summed E-state index contributed by atoms with van der Waals surface area (Å²) in [4.78, 5) is 22.4. The Bertz CT molecular complexity index is 732. The molecule has 0 unspecified atom stereocenters. The number of piperidine rings is 1. The molecule has 0 amide bonds. The van der Waals surface area contributed by atoms with E-state index in [1.807, 2.05) is 25.5 Å². The zero-order valence-corrected chi connectivity index (χ0v) is 16.0. The van der Waals surface area contributed by atoms with E-state index in [0.29, 0.717) is 0 Å². The van der Waals surface area contributed by atoms with Gasteiger partial charge in [0.05, 0.1) is 12.3 Å². The number of rotatable bonds is 1. The van der Waals surface area contributed by atoms with Crippen LogP contribution >= 0.6 is 0 Å². The minimum atomic E-state index is 0.112. The predicted octanol–water partition coefficient (Wildman–Crippen LogP) is 2.44. The molecule has 2 bridgehead atoms. The van der Waals surface area contributed by atoms with Crippen molar-refractivity contribution in [3.8, 4) is 0 Å². The second kappa shape index (κ2) is 8.17. The van der Waals surface area contributed by atoms with Gasteiger partial charge >= 0.3 is 0 Å². The molecule has 0 aliphatic carbocycles. The summed E-state index contributed by atoms with van der Waals surface area (Å²) in [5, 5.41) is 0.